The second-order valence-electron chi connectivity index (χ2n) is 18.7. The number of cyclic esters (lactones) is 2. The van der Waals surface area contributed by atoms with E-state index in [4.69, 9.17) is 26.2 Å². The molecule has 0 spiro atoms. The highest BCUT2D eigenvalue weighted by molar-refractivity contribution is 6.64. The third-order valence-electron chi connectivity index (χ3n) is 12.8. The summed E-state index contributed by atoms with van der Waals surface area (Å²) in [7, 11) is 0. The van der Waals surface area contributed by atoms with Crippen molar-refractivity contribution >= 4 is 46.8 Å². The maximum Gasteiger partial charge on any atom is 0.417 e. The first-order valence-electron chi connectivity index (χ1n) is 23.6. The van der Waals surface area contributed by atoms with Crippen LogP contribution < -0.4 is 0 Å². The number of carbonyl (C=O) groups is 6. The molecular formula is C56H73ClN2O9. The van der Waals surface area contributed by atoms with Crippen molar-refractivity contribution in [3.8, 4) is 0 Å². The highest BCUT2D eigenvalue weighted by atomic mass is 35.5. The summed E-state index contributed by atoms with van der Waals surface area (Å²) in [4.78, 5) is 72.4. The molecule has 368 valence electrons. The number of benzene rings is 2. The van der Waals surface area contributed by atoms with Crippen LogP contribution in [0, 0.1) is 35.5 Å². The summed E-state index contributed by atoms with van der Waals surface area (Å²) in [5.74, 6) is -0.283. The molecule has 3 aliphatic carbocycles. The van der Waals surface area contributed by atoms with Crippen molar-refractivity contribution in [2.45, 2.75) is 119 Å². The zero-order valence-electron chi connectivity index (χ0n) is 41.3. The first-order chi connectivity index (χ1) is 32.3. The minimum Gasteiger partial charge on any atom is -0.481 e. The number of carboxylic acid groups (broad SMARTS) is 1. The summed E-state index contributed by atoms with van der Waals surface area (Å²) in [5, 5.41) is 8.59. The van der Waals surface area contributed by atoms with Crippen LogP contribution >= 0.6 is 11.6 Å². The van der Waals surface area contributed by atoms with E-state index in [0.29, 0.717) is 37.5 Å². The summed E-state index contributed by atoms with van der Waals surface area (Å²) in [6.07, 6.45) is 16.4. The fourth-order valence-electron chi connectivity index (χ4n) is 8.82. The molecule has 0 radical (unpaired) electrons. The minimum absolute atomic E-state index is 0.0559. The fraction of sp³-hybridized carbons (Fsp3) is 0.464. The molecule has 68 heavy (non-hydrogen) atoms. The second-order valence-corrected chi connectivity index (χ2v) is 19.0. The van der Waals surface area contributed by atoms with E-state index in [1.165, 1.54) is 32.6 Å². The minimum atomic E-state index is -0.652. The molecule has 8 atom stereocenters. The number of ether oxygens (including phenoxy) is 2. The molecule has 2 fully saturated rings. The quantitative estimate of drug-likeness (QED) is 0.112. The first kappa shape index (κ1) is 56.5. The van der Waals surface area contributed by atoms with Crippen LogP contribution in [0.25, 0.3) is 0 Å². The van der Waals surface area contributed by atoms with Gasteiger partial charge >= 0.3 is 18.2 Å². The van der Waals surface area contributed by atoms with Crippen LogP contribution in [-0.4, -0.2) is 75.4 Å². The molecule has 4 amide bonds. The first-order valence-corrected chi connectivity index (χ1v) is 24.0. The lowest BCUT2D eigenvalue weighted by Crippen LogP contribution is -2.45. The van der Waals surface area contributed by atoms with E-state index in [0.717, 1.165) is 42.4 Å². The Kier molecular flexibility index (Phi) is 23.7. The fourth-order valence-corrected chi connectivity index (χ4v) is 9.13. The number of allylic oxidation sites excluding steroid dienone is 9. The van der Waals surface area contributed by atoms with Crippen LogP contribution in [-0.2, 0) is 41.5 Å². The number of aliphatic carboxylic acids is 1. The van der Waals surface area contributed by atoms with E-state index in [9.17, 15) is 28.8 Å². The van der Waals surface area contributed by atoms with Crippen LogP contribution in [0.4, 0.5) is 9.59 Å². The summed E-state index contributed by atoms with van der Waals surface area (Å²) in [6.45, 7) is 23.7. The number of hydrogen-bond acceptors (Lipinski definition) is 8. The predicted octanol–water partition coefficient (Wildman–Crippen LogP) is 12.3. The van der Waals surface area contributed by atoms with Gasteiger partial charge in [-0.15, -0.1) is 0 Å². The monoisotopic (exact) mass is 953 g/mol. The maximum absolute atomic E-state index is 12.9. The Bertz CT molecular complexity index is 2130. The van der Waals surface area contributed by atoms with Crippen molar-refractivity contribution in [2.24, 2.45) is 35.5 Å². The average Bonchev–Trinajstić information content (AvgIpc) is 3.84. The zero-order chi connectivity index (χ0) is 50.5. The Morgan fingerprint density at radius 3 is 1.44 bits per heavy atom. The van der Waals surface area contributed by atoms with Crippen molar-refractivity contribution in [1.82, 2.24) is 9.80 Å². The molecule has 1 N–H and O–H groups in total. The number of imide groups is 2. The molecule has 5 aliphatic rings. The Balaban J connectivity index is 0.000000242. The van der Waals surface area contributed by atoms with Gasteiger partial charge in [0.2, 0.25) is 11.1 Å². The van der Waals surface area contributed by atoms with Gasteiger partial charge in [0, 0.05) is 11.8 Å². The smallest absolute Gasteiger partial charge is 0.417 e. The summed E-state index contributed by atoms with van der Waals surface area (Å²) >= 11 is 5.43. The number of carbonyl (C=O) groups excluding carboxylic acids is 5. The highest BCUT2D eigenvalue weighted by Gasteiger charge is 2.42. The molecule has 0 bridgehead atoms. The van der Waals surface area contributed by atoms with Crippen molar-refractivity contribution in [3.63, 3.8) is 0 Å². The third kappa shape index (κ3) is 18.0. The predicted molar refractivity (Wildman–Crippen MR) is 270 cm³/mol. The van der Waals surface area contributed by atoms with Crippen molar-refractivity contribution < 1.29 is 43.3 Å². The van der Waals surface area contributed by atoms with Crippen LogP contribution in [0.3, 0.4) is 0 Å². The number of amides is 4. The lowest BCUT2D eigenvalue weighted by Gasteiger charge is -2.30. The van der Waals surface area contributed by atoms with Crippen molar-refractivity contribution in [3.05, 3.63) is 144 Å². The molecule has 7 rings (SSSR count). The Morgan fingerprint density at radius 2 is 1.07 bits per heavy atom. The van der Waals surface area contributed by atoms with Crippen LogP contribution in [0.1, 0.15) is 105 Å². The van der Waals surface area contributed by atoms with Crippen LogP contribution in [0.2, 0.25) is 0 Å². The van der Waals surface area contributed by atoms with E-state index >= 15 is 0 Å². The Morgan fingerprint density at radius 1 is 0.691 bits per heavy atom. The second kappa shape index (κ2) is 28.5. The normalized spacial score (nSPS) is 25.0. The van der Waals surface area contributed by atoms with E-state index < -0.39 is 18.2 Å². The summed E-state index contributed by atoms with van der Waals surface area (Å²) in [5.41, 5.74) is 7.25. The van der Waals surface area contributed by atoms with Gasteiger partial charge < -0.3 is 14.6 Å². The maximum atomic E-state index is 12.9. The third-order valence-corrected chi connectivity index (χ3v) is 13.0. The standard InChI is InChI=1S/C19H23NO3.C14H15NO3.C9H13ClO.C9H14O2.C5H8/c1-13-8-9-17(14(2)10-13)18(21)20-16(12-23-19(20)22)11-15-6-4-3-5-7-15;1-2-6-13(16)15-12(10-18-14(15)17)9-11-7-4-3-5-8-11;2*1-6-3-4-8(9(10)11)7(2)5-6;1-4-5(2)3/h3-8,14,16-17H,9-12H2,1-2H3;2-8,12H,9-10H2,1H3;3,7-8H,4-5H2,1-2H3;3,7-8H,4-5H2,1-2H3,(H,10,11);4H,1-2H2,3H3/b;6-2+;;;/t14-,16-,17-;12-;2*7-,8-;/m0000./s1. The van der Waals surface area contributed by atoms with Crippen LogP contribution in [0.15, 0.2) is 133 Å². The van der Waals surface area contributed by atoms with Gasteiger partial charge in [0.1, 0.15) is 13.2 Å². The summed E-state index contributed by atoms with van der Waals surface area (Å²) in [6, 6.07) is 19.3. The topological polar surface area (TPSA) is 148 Å². The molecule has 2 aromatic carbocycles. The summed E-state index contributed by atoms with van der Waals surface area (Å²) < 4.78 is 10.1. The average molecular weight is 954 g/mol. The zero-order valence-corrected chi connectivity index (χ0v) is 42.1. The van der Waals surface area contributed by atoms with Crippen LogP contribution in [0.5, 0.6) is 0 Å². The molecule has 2 saturated heterocycles. The molecule has 12 heteroatoms. The molecule has 2 heterocycles. The molecule has 2 aromatic rings. The van der Waals surface area contributed by atoms with Gasteiger partial charge in [0.25, 0.3) is 5.91 Å². The highest BCUT2D eigenvalue weighted by Crippen LogP contribution is 2.33. The van der Waals surface area contributed by atoms with E-state index in [2.05, 4.69) is 59.9 Å². The number of rotatable bonds is 9. The SMILES string of the molecule is C/C=C/C(=O)N1C(=O)OC[C@@H]1Cc1ccccc1.C=CC(=C)C.CC1=CC[C@H](C(=O)Cl)[C@@H](C)C1.CC1=CC[C@H](C(=O)N2C(=O)OC[C@@H]2Cc2ccccc2)[C@@H](C)C1.CC1=CC[C@H](C(=O)O)[C@@H](C)C1. The van der Waals surface area contributed by atoms with Gasteiger partial charge in [-0.25, -0.2) is 19.4 Å². The number of halogens is 1. The van der Waals surface area contributed by atoms with Gasteiger partial charge in [-0.3, -0.25) is 19.2 Å². The van der Waals surface area contributed by atoms with Gasteiger partial charge in [-0.1, -0.05) is 147 Å². The van der Waals surface area contributed by atoms with Gasteiger partial charge in [0.15, 0.2) is 0 Å². The largest absolute Gasteiger partial charge is 0.481 e. The molecular weight excluding hydrogens is 880 g/mol. The molecule has 0 aromatic heterocycles. The van der Waals surface area contributed by atoms with Gasteiger partial charge in [-0.05, 0) is 133 Å². The Hall–Kier alpha value is -5.81. The molecule has 2 aliphatic heterocycles. The van der Waals surface area contributed by atoms with E-state index in [-0.39, 0.29) is 66.0 Å². The lowest BCUT2D eigenvalue weighted by atomic mass is 9.80. The number of carboxylic acids is 1. The van der Waals surface area contributed by atoms with Gasteiger partial charge in [0.05, 0.1) is 18.0 Å². The number of nitrogens with zero attached hydrogens (tertiary/aromatic N) is 2. The molecule has 0 saturated carbocycles. The molecule has 0 unspecified atom stereocenters. The van der Waals surface area contributed by atoms with Crippen molar-refractivity contribution in [2.75, 3.05) is 13.2 Å². The molecule has 11 nitrogen and oxygen atoms in total. The lowest BCUT2D eigenvalue weighted by molar-refractivity contribution is -0.143. The van der Waals surface area contributed by atoms with Gasteiger partial charge in [-0.2, -0.15) is 0 Å². The Labute approximate surface area is 409 Å². The van der Waals surface area contributed by atoms with Crippen molar-refractivity contribution in [1.29, 1.82) is 0 Å². The van der Waals surface area contributed by atoms with E-state index in [1.54, 1.807) is 19.1 Å². The van der Waals surface area contributed by atoms with E-state index in [1.807, 2.05) is 80.6 Å². The number of hydrogen-bond donors (Lipinski definition) is 1.